The van der Waals surface area contributed by atoms with Crippen LogP contribution in [0.25, 0.3) is 0 Å². The third kappa shape index (κ3) is 3.70. The van der Waals surface area contributed by atoms with Gasteiger partial charge in [-0.15, -0.1) is 0 Å². The number of halogens is 1. The molecule has 0 fully saturated rings. The van der Waals surface area contributed by atoms with E-state index in [1.165, 1.54) is 0 Å². The summed E-state index contributed by atoms with van der Waals surface area (Å²) in [6.45, 7) is 4.53. The van der Waals surface area contributed by atoms with E-state index in [-0.39, 0.29) is 5.91 Å². The summed E-state index contributed by atoms with van der Waals surface area (Å²) in [5.41, 5.74) is 1.59. The van der Waals surface area contributed by atoms with Gasteiger partial charge in [0.05, 0.1) is 10.6 Å². The van der Waals surface area contributed by atoms with Crippen molar-refractivity contribution in [2.45, 2.75) is 20.3 Å². The first-order chi connectivity index (χ1) is 7.65. The zero-order valence-electron chi connectivity index (χ0n) is 9.59. The molecule has 0 atom stereocenters. The number of allylic oxidation sites excluding steroid dienone is 1. The van der Waals surface area contributed by atoms with Gasteiger partial charge < -0.3 is 5.32 Å². The highest BCUT2D eigenvalue weighted by atomic mass is 35.5. The van der Waals surface area contributed by atoms with E-state index in [4.69, 9.17) is 11.6 Å². The number of nitrogens with one attached hydrogen (secondary N) is 1. The van der Waals surface area contributed by atoms with Gasteiger partial charge in [-0.25, -0.2) is 0 Å². The van der Waals surface area contributed by atoms with E-state index in [1.54, 1.807) is 12.1 Å². The Morgan fingerprint density at radius 3 is 2.88 bits per heavy atom. The summed E-state index contributed by atoms with van der Waals surface area (Å²) in [7, 11) is 0. The van der Waals surface area contributed by atoms with Crippen molar-refractivity contribution < 1.29 is 4.79 Å². The van der Waals surface area contributed by atoms with Gasteiger partial charge >= 0.3 is 0 Å². The largest absolute Gasteiger partial charge is 0.352 e. The molecule has 16 heavy (non-hydrogen) atoms. The van der Waals surface area contributed by atoms with Gasteiger partial charge in [-0.1, -0.05) is 29.8 Å². The van der Waals surface area contributed by atoms with E-state index in [1.807, 2.05) is 32.1 Å². The van der Waals surface area contributed by atoms with Crippen LogP contribution < -0.4 is 5.32 Å². The molecule has 0 unspecified atom stereocenters. The molecule has 0 aliphatic rings. The molecule has 0 aliphatic heterocycles. The van der Waals surface area contributed by atoms with Crippen LogP contribution in [-0.2, 0) is 0 Å². The molecule has 1 aromatic carbocycles. The molecule has 0 spiro atoms. The van der Waals surface area contributed by atoms with E-state index < -0.39 is 0 Å². The molecule has 0 saturated heterocycles. The van der Waals surface area contributed by atoms with Crippen molar-refractivity contribution in [2.24, 2.45) is 0 Å². The number of amides is 1. The zero-order chi connectivity index (χ0) is 12.0. The second kappa shape index (κ2) is 6.33. The Kier molecular flexibility index (Phi) is 5.06. The Hall–Kier alpha value is -1.28. The van der Waals surface area contributed by atoms with E-state index in [0.717, 1.165) is 12.0 Å². The van der Waals surface area contributed by atoms with Crippen molar-refractivity contribution in [1.29, 1.82) is 0 Å². The quantitative estimate of drug-likeness (QED) is 0.632. The minimum Gasteiger partial charge on any atom is -0.352 e. The minimum absolute atomic E-state index is 0.116. The summed E-state index contributed by atoms with van der Waals surface area (Å²) < 4.78 is 0. The maximum atomic E-state index is 11.7. The standard InChI is InChI=1S/C13H16ClNO/c1-3-4-5-8-15-13(16)11-7-6-10(2)9-12(11)14/h3-4,6-7,9H,5,8H2,1-2H3,(H,15,16)/b4-3+. The van der Waals surface area contributed by atoms with Crippen molar-refractivity contribution in [2.75, 3.05) is 6.54 Å². The van der Waals surface area contributed by atoms with Gasteiger partial charge in [0.2, 0.25) is 0 Å². The SMILES string of the molecule is C/C=C/CCNC(=O)c1ccc(C)cc1Cl. The average Bonchev–Trinajstić information content (AvgIpc) is 2.24. The maximum Gasteiger partial charge on any atom is 0.252 e. The van der Waals surface area contributed by atoms with E-state index in [9.17, 15) is 4.79 Å². The van der Waals surface area contributed by atoms with E-state index in [0.29, 0.717) is 17.1 Å². The Bertz CT molecular complexity index is 399. The first-order valence-corrected chi connectivity index (χ1v) is 5.68. The number of hydrogen-bond donors (Lipinski definition) is 1. The molecule has 1 rings (SSSR count). The fraction of sp³-hybridized carbons (Fsp3) is 0.308. The summed E-state index contributed by atoms with van der Waals surface area (Å²) >= 11 is 5.99. The molecular weight excluding hydrogens is 222 g/mol. The molecular formula is C13H16ClNO. The van der Waals surface area contributed by atoms with Gasteiger partial charge in [0.25, 0.3) is 5.91 Å². The second-order valence-electron chi connectivity index (χ2n) is 3.60. The molecule has 0 saturated carbocycles. The smallest absolute Gasteiger partial charge is 0.252 e. The molecule has 1 N–H and O–H groups in total. The number of carbonyl (C=O) groups is 1. The zero-order valence-corrected chi connectivity index (χ0v) is 10.3. The normalized spacial score (nSPS) is 10.7. The summed E-state index contributed by atoms with van der Waals surface area (Å²) in [5.74, 6) is -0.116. The highest BCUT2D eigenvalue weighted by Gasteiger charge is 2.08. The van der Waals surface area contributed by atoms with E-state index >= 15 is 0 Å². The number of rotatable bonds is 4. The predicted molar refractivity (Wildman–Crippen MR) is 68.0 cm³/mol. The first-order valence-electron chi connectivity index (χ1n) is 5.30. The maximum absolute atomic E-state index is 11.7. The van der Waals surface area contributed by atoms with Gasteiger partial charge in [-0.2, -0.15) is 0 Å². The second-order valence-corrected chi connectivity index (χ2v) is 4.00. The van der Waals surface area contributed by atoms with Crippen molar-refractivity contribution in [3.05, 3.63) is 46.5 Å². The Morgan fingerprint density at radius 2 is 2.25 bits per heavy atom. The summed E-state index contributed by atoms with van der Waals surface area (Å²) in [6.07, 6.45) is 4.81. The van der Waals surface area contributed by atoms with Crippen LogP contribution in [0.5, 0.6) is 0 Å². The lowest BCUT2D eigenvalue weighted by Gasteiger charge is -2.06. The van der Waals surface area contributed by atoms with Crippen LogP contribution in [0.1, 0.15) is 29.3 Å². The molecule has 1 aromatic rings. The highest BCUT2D eigenvalue weighted by molar-refractivity contribution is 6.33. The summed E-state index contributed by atoms with van der Waals surface area (Å²) in [5, 5.41) is 3.32. The third-order valence-corrected chi connectivity index (χ3v) is 2.51. The van der Waals surface area contributed by atoms with Gasteiger partial charge in [-0.05, 0) is 38.0 Å². The third-order valence-electron chi connectivity index (χ3n) is 2.20. The van der Waals surface area contributed by atoms with Crippen LogP contribution in [-0.4, -0.2) is 12.5 Å². The van der Waals surface area contributed by atoms with Crippen molar-refractivity contribution in [3.8, 4) is 0 Å². The average molecular weight is 238 g/mol. The van der Waals surface area contributed by atoms with Crippen LogP contribution in [0.15, 0.2) is 30.4 Å². The summed E-state index contributed by atoms with van der Waals surface area (Å²) in [6, 6.07) is 5.43. The first kappa shape index (κ1) is 12.8. The highest BCUT2D eigenvalue weighted by Crippen LogP contribution is 2.17. The number of benzene rings is 1. The van der Waals surface area contributed by atoms with Crippen LogP contribution in [0, 0.1) is 6.92 Å². The molecule has 0 aliphatic carbocycles. The lowest BCUT2D eigenvalue weighted by atomic mass is 10.1. The molecule has 3 heteroatoms. The van der Waals surface area contributed by atoms with Crippen molar-refractivity contribution in [1.82, 2.24) is 5.32 Å². The van der Waals surface area contributed by atoms with Gasteiger partial charge in [0, 0.05) is 6.54 Å². The Morgan fingerprint density at radius 1 is 1.50 bits per heavy atom. The molecule has 1 amide bonds. The fourth-order valence-corrected chi connectivity index (χ4v) is 1.66. The van der Waals surface area contributed by atoms with E-state index in [2.05, 4.69) is 5.32 Å². The van der Waals surface area contributed by atoms with Crippen LogP contribution in [0.2, 0.25) is 5.02 Å². The molecule has 2 nitrogen and oxygen atoms in total. The summed E-state index contributed by atoms with van der Waals surface area (Å²) in [4.78, 5) is 11.7. The Labute approximate surface area is 101 Å². The van der Waals surface area contributed by atoms with Gasteiger partial charge in [-0.3, -0.25) is 4.79 Å². The van der Waals surface area contributed by atoms with Crippen LogP contribution in [0.4, 0.5) is 0 Å². The van der Waals surface area contributed by atoms with Gasteiger partial charge in [0.1, 0.15) is 0 Å². The van der Waals surface area contributed by atoms with Crippen molar-refractivity contribution in [3.63, 3.8) is 0 Å². The lowest BCUT2D eigenvalue weighted by molar-refractivity contribution is 0.0954. The van der Waals surface area contributed by atoms with Crippen molar-refractivity contribution >= 4 is 17.5 Å². The van der Waals surface area contributed by atoms with Crippen LogP contribution in [0.3, 0.4) is 0 Å². The van der Waals surface area contributed by atoms with Gasteiger partial charge in [0.15, 0.2) is 0 Å². The molecule has 86 valence electrons. The topological polar surface area (TPSA) is 29.1 Å². The number of carbonyl (C=O) groups excluding carboxylic acids is 1. The molecule has 0 aromatic heterocycles. The Balaban J connectivity index is 2.59. The molecule has 0 heterocycles. The monoisotopic (exact) mass is 237 g/mol. The minimum atomic E-state index is -0.116. The van der Waals surface area contributed by atoms with Crippen LogP contribution >= 0.6 is 11.6 Å². The lowest BCUT2D eigenvalue weighted by Crippen LogP contribution is -2.24. The predicted octanol–water partition coefficient (Wildman–Crippen LogP) is 3.34. The number of aryl methyl sites for hydroxylation is 1. The number of hydrogen-bond acceptors (Lipinski definition) is 1. The molecule has 0 radical (unpaired) electrons. The fourth-order valence-electron chi connectivity index (χ4n) is 1.34. The molecule has 0 bridgehead atoms.